The van der Waals surface area contributed by atoms with Crippen LogP contribution in [0.4, 0.5) is 0 Å². The predicted octanol–water partition coefficient (Wildman–Crippen LogP) is 4.07. The van der Waals surface area contributed by atoms with E-state index in [1.165, 1.54) is 18.4 Å². The topological polar surface area (TPSA) is 67.6 Å². The number of nitrogens with one attached hydrogen (secondary N) is 1. The fourth-order valence-corrected chi connectivity index (χ4v) is 3.80. The minimum absolute atomic E-state index is 0.113. The third kappa shape index (κ3) is 4.55. The first kappa shape index (κ1) is 20.4. The lowest BCUT2D eigenvalue weighted by molar-refractivity contribution is 0.0935. The first-order valence-electron chi connectivity index (χ1n) is 10.2. The number of rotatable bonds is 8. The van der Waals surface area contributed by atoms with Gasteiger partial charge in [-0.25, -0.2) is 0 Å². The van der Waals surface area contributed by atoms with Crippen molar-refractivity contribution in [2.75, 3.05) is 26.2 Å². The lowest BCUT2D eigenvalue weighted by atomic mass is 10.0. The standard InChI is InChI=1S/C22H31N3O3/c1-5-27-18-10-8-17(9-11-18)19(25-12-6-7-13-25)14-23-22(26)20-16(4)24-28-21(20)15(2)3/h8-11,15,19H,5-7,12-14H2,1-4H3,(H,23,26). The van der Waals surface area contributed by atoms with Crippen molar-refractivity contribution in [1.82, 2.24) is 15.4 Å². The van der Waals surface area contributed by atoms with Crippen molar-refractivity contribution in [2.45, 2.75) is 52.5 Å². The molecule has 0 spiro atoms. The van der Waals surface area contributed by atoms with Crippen molar-refractivity contribution >= 4 is 5.91 Å². The summed E-state index contributed by atoms with van der Waals surface area (Å²) in [5.41, 5.74) is 2.40. The van der Waals surface area contributed by atoms with Gasteiger partial charge in [-0.15, -0.1) is 0 Å². The molecule has 2 heterocycles. The Balaban J connectivity index is 1.75. The van der Waals surface area contributed by atoms with Crippen molar-refractivity contribution in [2.24, 2.45) is 0 Å². The molecule has 2 aromatic rings. The van der Waals surface area contributed by atoms with E-state index in [0.29, 0.717) is 30.2 Å². The number of likely N-dealkylation sites (tertiary alicyclic amines) is 1. The number of aryl methyl sites for hydroxylation is 1. The number of carbonyl (C=O) groups excluding carboxylic acids is 1. The van der Waals surface area contributed by atoms with Gasteiger partial charge in [-0.2, -0.15) is 0 Å². The maximum Gasteiger partial charge on any atom is 0.256 e. The normalized spacial score (nSPS) is 15.8. The molecule has 1 aliphatic rings. The molecule has 1 unspecified atom stereocenters. The number of aromatic nitrogens is 1. The molecular formula is C22H31N3O3. The second-order valence-corrected chi connectivity index (χ2v) is 7.63. The quantitative estimate of drug-likeness (QED) is 0.742. The highest BCUT2D eigenvalue weighted by Crippen LogP contribution is 2.27. The van der Waals surface area contributed by atoms with E-state index < -0.39 is 0 Å². The van der Waals surface area contributed by atoms with E-state index in [9.17, 15) is 4.79 Å². The number of hydrogen-bond acceptors (Lipinski definition) is 5. The molecule has 6 nitrogen and oxygen atoms in total. The van der Waals surface area contributed by atoms with Gasteiger partial charge >= 0.3 is 0 Å². The van der Waals surface area contributed by atoms with E-state index in [-0.39, 0.29) is 17.9 Å². The van der Waals surface area contributed by atoms with Crippen molar-refractivity contribution < 1.29 is 14.1 Å². The predicted molar refractivity (Wildman–Crippen MR) is 109 cm³/mol. The summed E-state index contributed by atoms with van der Waals surface area (Å²) >= 11 is 0. The highest BCUT2D eigenvalue weighted by molar-refractivity contribution is 5.96. The van der Waals surface area contributed by atoms with Gasteiger partial charge in [0.2, 0.25) is 0 Å². The van der Waals surface area contributed by atoms with Crippen LogP contribution in [-0.2, 0) is 0 Å². The van der Waals surface area contributed by atoms with E-state index in [0.717, 1.165) is 18.8 Å². The van der Waals surface area contributed by atoms with Crippen molar-refractivity contribution in [3.05, 3.63) is 46.8 Å². The Morgan fingerprint density at radius 2 is 1.93 bits per heavy atom. The molecule has 1 amide bonds. The van der Waals surface area contributed by atoms with Crippen LogP contribution in [0.5, 0.6) is 5.75 Å². The van der Waals surface area contributed by atoms with Crippen LogP contribution in [0.2, 0.25) is 0 Å². The van der Waals surface area contributed by atoms with Crippen LogP contribution in [0.15, 0.2) is 28.8 Å². The summed E-state index contributed by atoms with van der Waals surface area (Å²) in [4.78, 5) is 15.3. The van der Waals surface area contributed by atoms with Gasteiger partial charge in [-0.05, 0) is 57.5 Å². The second-order valence-electron chi connectivity index (χ2n) is 7.63. The number of nitrogens with zero attached hydrogens (tertiary/aromatic N) is 2. The van der Waals surface area contributed by atoms with E-state index in [2.05, 4.69) is 27.5 Å². The summed E-state index contributed by atoms with van der Waals surface area (Å²) in [6.07, 6.45) is 2.40. The maximum atomic E-state index is 12.9. The van der Waals surface area contributed by atoms with E-state index in [1.54, 1.807) is 0 Å². The fraction of sp³-hybridized carbons (Fsp3) is 0.545. The number of carbonyl (C=O) groups is 1. The van der Waals surface area contributed by atoms with Gasteiger partial charge in [0.25, 0.3) is 5.91 Å². The Hall–Kier alpha value is -2.34. The summed E-state index contributed by atoms with van der Waals surface area (Å²) in [6.45, 7) is 11.1. The van der Waals surface area contributed by atoms with E-state index in [4.69, 9.17) is 9.26 Å². The molecule has 6 heteroatoms. The summed E-state index contributed by atoms with van der Waals surface area (Å²) in [7, 11) is 0. The molecule has 28 heavy (non-hydrogen) atoms. The first-order valence-corrected chi connectivity index (χ1v) is 10.2. The average molecular weight is 386 g/mol. The molecule has 1 atom stereocenters. The molecule has 1 N–H and O–H groups in total. The first-order chi connectivity index (χ1) is 13.5. The molecule has 0 aliphatic carbocycles. The van der Waals surface area contributed by atoms with Gasteiger partial charge in [0.1, 0.15) is 11.3 Å². The molecule has 1 aliphatic heterocycles. The van der Waals surface area contributed by atoms with Crippen LogP contribution in [0.3, 0.4) is 0 Å². The summed E-state index contributed by atoms with van der Waals surface area (Å²) in [6, 6.07) is 8.36. The second kappa shape index (κ2) is 9.24. The Morgan fingerprint density at radius 1 is 1.25 bits per heavy atom. The highest BCUT2D eigenvalue weighted by atomic mass is 16.5. The SMILES string of the molecule is CCOc1ccc(C(CNC(=O)c2c(C)noc2C(C)C)N2CCCC2)cc1. The molecule has 3 rings (SSSR count). The van der Waals surface area contributed by atoms with Gasteiger partial charge < -0.3 is 14.6 Å². The molecule has 0 saturated carbocycles. The van der Waals surface area contributed by atoms with E-state index in [1.807, 2.05) is 39.8 Å². The fourth-order valence-electron chi connectivity index (χ4n) is 3.80. The van der Waals surface area contributed by atoms with Gasteiger partial charge in [0.15, 0.2) is 5.76 Å². The van der Waals surface area contributed by atoms with Crippen LogP contribution in [0.1, 0.15) is 72.9 Å². The lowest BCUT2D eigenvalue weighted by Gasteiger charge is -2.28. The van der Waals surface area contributed by atoms with Gasteiger partial charge in [0.05, 0.1) is 18.3 Å². The molecule has 1 fully saturated rings. The summed E-state index contributed by atoms with van der Waals surface area (Å²) in [5, 5.41) is 7.11. The molecule has 0 bridgehead atoms. The largest absolute Gasteiger partial charge is 0.494 e. The molecular weight excluding hydrogens is 354 g/mol. The molecule has 152 valence electrons. The smallest absolute Gasteiger partial charge is 0.256 e. The maximum absolute atomic E-state index is 12.9. The van der Waals surface area contributed by atoms with Crippen LogP contribution in [0.25, 0.3) is 0 Å². The van der Waals surface area contributed by atoms with Crippen molar-refractivity contribution in [1.29, 1.82) is 0 Å². The monoisotopic (exact) mass is 385 g/mol. The molecule has 1 aromatic heterocycles. The van der Waals surface area contributed by atoms with Crippen molar-refractivity contribution in [3.63, 3.8) is 0 Å². The molecule has 1 saturated heterocycles. The van der Waals surface area contributed by atoms with Gasteiger partial charge in [-0.3, -0.25) is 9.69 Å². The lowest BCUT2D eigenvalue weighted by Crippen LogP contribution is -2.37. The third-order valence-electron chi connectivity index (χ3n) is 5.25. The number of amides is 1. The van der Waals surface area contributed by atoms with Gasteiger partial charge in [-0.1, -0.05) is 31.1 Å². The van der Waals surface area contributed by atoms with Gasteiger partial charge in [0, 0.05) is 12.5 Å². The Bertz CT molecular complexity index is 777. The van der Waals surface area contributed by atoms with Crippen LogP contribution in [-0.4, -0.2) is 42.2 Å². The highest BCUT2D eigenvalue weighted by Gasteiger charge is 2.27. The van der Waals surface area contributed by atoms with Crippen LogP contribution in [0, 0.1) is 6.92 Å². The third-order valence-corrected chi connectivity index (χ3v) is 5.25. The van der Waals surface area contributed by atoms with Crippen LogP contribution >= 0.6 is 0 Å². The Kier molecular flexibility index (Phi) is 6.73. The van der Waals surface area contributed by atoms with E-state index >= 15 is 0 Å². The average Bonchev–Trinajstić information content (AvgIpc) is 3.33. The summed E-state index contributed by atoms with van der Waals surface area (Å²) in [5.74, 6) is 1.52. The number of ether oxygens (including phenoxy) is 1. The Labute approximate surface area is 167 Å². The zero-order valence-corrected chi connectivity index (χ0v) is 17.3. The minimum Gasteiger partial charge on any atom is -0.494 e. The minimum atomic E-state index is -0.113. The molecule has 1 aromatic carbocycles. The zero-order valence-electron chi connectivity index (χ0n) is 17.3. The number of benzene rings is 1. The van der Waals surface area contributed by atoms with Crippen molar-refractivity contribution in [3.8, 4) is 5.75 Å². The van der Waals surface area contributed by atoms with Crippen LogP contribution < -0.4 is 10.1 Å². The Morgan fingerprint density at radius 3 is 2.54 bits per heavy atom. The molecule has 0 radical (unpaired) electrons. The summed E-state index contributed by atoms with van der Waals surface area (Å²) < 4.78 is 10.9. The zero-order chi connectivity index (χ0) is 20.1. The number of hydrogen-bond donors (Lipinski definition) is 1.